The lowest BCUT2D eigenvalue weighted by Crippen LogP contribution is -2.51. The van der Waals surface area contributed by atoms with E-state index in [4.69, 9.17) is 28.9 Å². The molecule has 22 heteroatoms. The number of thioether (sulfide) groups is 2. The molecule has 18 nitrogen and oxygen atoms in total. The first-order chi connectivity index (χ1) is 39.9. The number of carbonyl (C=O) groups excluding carboxylic acids is 6. The fourth-order valence-corrected chi connectivity index (χ4v) is 14.3. The van der Waals surface area contributed by atoms with Crippen molar-refractivity contribution in [2.24, 2.45) is 9.98 Å². The zero-order chi connectivity index (χ0) is 57.7. The summed E-state index contributed by atoms with van der Waals surface area (Å²) in [6, 6.07) is 43.1. The van der Waals surface area contributed by atoms with Crippen LogP contribution in [0.5, 0.6) is 0 Å². The molecule has 2 aromatic heterocycles. The van der Waals surface area contributed by atoms with Crippen molar-refractivity contribution < 1.29 is 47.7 Å². The van der Waals surface area contributed by atoms with Crippen molar-refractivity contribution >= 4 is 103 Å². The summed E-state index contributed by atoms with van der Waals surface area (Å²) in [5.74, 6) is -6.34. The topological polar surface area (TPSA) is 266 Å². The predicted octanol–water partition coefficient (Wildman–Crippen LogP) is 9.78. The maximum absolute atomic E-state index is 16.0. The average molecular weight is 1160 g/mol. The van der Waals surface area contributed by atoms with Crippen LogP contribution in [0.2, 0.25) is 0 Å². The number of esters is 4. The van der Waals surface area contributed by atoms with Crippen LogP contribution >= 0.6 is 46.2 Å². The Kier molecular flexibility index (Phi) is 16.0. The van der Waals surface area contributed by atoms with E-state index in [1.54, 1.807) is 135 Å². The van der Waals surface area contributed by atoms with Crippen molar-refractivity contribution in [3.05, 3.63) is 198 Å². The van der Waals surface area contributed by atoms with Gasteiger partial charge >= 0.3 is 23.9 Å². The minimum absolute atomic E-state index is 0.00664. The Bertz CT molecular complexity index is 3850. The van der Waals surface area contributed by atoms with Gasteiger partial charge in [0.25, 0.3) is 11.8 Å². The number of thiophene rings is 2. The number of ether oxygens (including phenoxy) is 4. The van der Waals surface area contributed by atoms with Crippen molar-refractivity contribution in [3.63, 3.8) is 0 Å². The molecule has 4 aromatic carbocycles. The number of aliphatic imine (C=N–C) groups is 2. The van der Waals surface area contributed by atoms with Crippen LogP contribution in [0.15, 0.2) is 164 Å². The smallest absolute Gasteiger partial charge is 0.334 e. The highest BCUT2D eigenvalue weighted by Crippen LogP contribution is 2.65. The largest absolute Gasteiger partial charge is 0.459 e. The number of amides is 2. The molecule has 2 aliphatic heterocycles. The van der Waals surface area contributed by atoms with Crippen molar-refractivity contribution in [3.8, 4) is 34.0 Å². The van der Waals surface area contributed by atoms with E-state index in [-0.39, 0.29) is 88.3 Å². The SMILES string of the molecule is CCN1C(=O)C(=NC2=Cc3sc4c(c3C2(C(=O)OCc2ccccc2)C(=O)OCc2ccccc2)C(C(=O)OCc2ccccc2)(C(=O)OCc2ccccc2)c2cc(N=C3SC(=C(C#N)C#N)N(CC)C3=O)sc2-4)SC1=C(C#N)C#N. The van der Waals surface area contributed by atoms with Crippen LogP contribution in [0.25, 0.3) is 15.8 Å². The molecule has 0 atom stereocenters. The van der Waals surface area contributed by atoms with Gasteiger partial charge in [-0.25, -0.2) is 9.98 Å². The Morgan fingerprint density at radius 1 is 0.512 bits per heavy atom. The van der Waals surface area contributed by atoms with Crippen LogP contribution in [0, 0.1) is 45.3 Å². The molecule has 0 spiro atoms. The Morgan fingerprint density at radius 3 is 1.27 bits per heavy atom. The molecule has 4 aliphatic rings. The summed E-state index contributed by atoms with van der Waals surface area (Å²) >= 11 is 3.40. The van der Waals surface area contributed by atoms with Gasteiger partial charge < -0.3 is 18.9 Å². The summed E-state index contributed by atoms with van der Waals surface area (Å²) in [7, 11) is 0. The number of fused-ring (bicyclic) bond motifs is 5. The predicted molar refractivity (Wildman–Crippen MR) is 304 cm³/mol. The summed E-state index contributed by atoms with van der Waals surface area (Å²) in [5, 5.41) is 39.2. The maximum Gasteiger partial charge on any atom is 0.334 e. The quantitative estimate of drug-likeness (QED) is 0.0377. The second-order valence-corrected chi connectivity index (χ2v) is 22.1. The van der Waals surface area contributed by atoms with Crippen LogP contribution in [0.4, 0.5) is 5.00 Å². The molecule has 0 unspecified atom stereocenters. The van der Waals surface area contributed by atoms with E-state index in [0.29, 0.717) is 34.0 Å². The minimum Gasteiger partial charge on any atom is -0.459 e. The molecule has 404 valence electrons. The molecule has 0 radical (unpaired) electrons. The van der Waals surface area contributed by atoms with Gasteiger partial charge in [0.2, 0.25) is 10.8 Å². The second kappa shape index (κ2) is 23.6. The lowest BCUT2D eigenvalue weighted by molar-refractivity contribution is -0.167. The van der Waals surface area contributed by atoms with Crippen molar-refractivity contribution in [1.82, 2.24) is 9.80 Å². The molecule has 0 bridgehead atoms. The van der Waals surface area contributed by atoms with E-state index in [1.165, 1.54) is 17.0 Å². The van der Waals surface area contributed by atoms with Gasteiger partial charge in [-0.2, -0.15) is 21.0 Å². The van der Waals surface area contributed by atoms with E-state index in [9.17, 15) is 30.6 Å². The van der Waals surface area contributed by atoms with Gasteiger partial charge in [-0.3, -0.25) is 38.6 Å². The molecule has 2 aliphatic carbocycles. The summed E-state index contributed by atoms with van der Waals surface area (Å²) in [6.45, 7) is 1.79. The highest BCUT2D eigenvalue weighted by molar-refractivity contribution is 8.20. The number of nitriles is 4. The Labute approximate surface area is 485 Å². The number of rotatable bonds is 16. The maximum atomic E-state index is 16.0. The highest BCUT2D eigenvalue weighted by Gasteiger charge is 2.68. The third-order valence-corrected chi connectivity index (χ3v) is 17.9. The summed E-state index contributed by atoms with van der Waals surface area (Å²) in [6.07, 6.45) is 1.37. The van der Waals surface area contributed by atoms with E-state index in [1.807, 2.05) is 24.3 Å². The molecule has 10 rings (SSSR count). The van der Waals surface area contributed by atoms with Crippen LogP contribution in [-0.2, 0) is 85.0 Å². The van der Waals surface area contributed by atoms with Crippen molar-refractivity contribution in [1.29, 1.82) is 21.0 Å². The van der Waals surface area contributed by atoms with Gasteiger partial charge in [0.1, 0.15) is 65.8 Å². The number of hydrogen-bond donors (Lipinski definition) is 0. The third-order valence-electron chi connectivity index (χ3n) is 13.4. The lowest BCUT2D eigenvalue weighted by atomic mass is 9.70. The zero-order valence-corrected chi connectivity index (χ0v) is 46.5. The lowest BCUT2D eigenvalue weighted by Gasteiger charge is -2.32. The van der Waals surface area contributed by atoms with Gasteiger partial charge in [-0.1, -0.05) is 121 Å². The number of carbonyl (C=O) groups is 6. The molecule has 0 saturated carbocycles. The molecule has 4 heterocycles. The van der Waals surface area contributed by atoms with E-state index >= 15 is 19.2 Å². The first-order valence-corrected chi connectivity index (χ1v) is 28.3. The average Bonchev–Trinajstić information content (AvgIpc) is 3.78. The molecule has 2 fully saturated rings. The number of benzene rings is 4. The Hall–Kier alpha value is -9.68. The first kappa shape index (κ1) is 55.6. The van der Waals surface area contributed by atoms with Gasteiger partial charge in [-0.05, 0) is 71.8 Å². The summed E-state index contributed by atoms with van der Waals surface area (Å²) in [5.41, 5.74) is -5.23. The van der Waals surface area contributed by atoms with Crippen LogP contribution in [0.3, 0.4) is 0 Å². The van der Waals surface area contributed by atoms with E-state index < -0.39 is 71.0 Å². The van der Waals surface area contributed by atoms with E-state index in [2.05, 4.69) is 0 Å². The zero-order valence-electron chi connectivity index (χ0n) is 43.2. The fraction of sp³-hybridized carbons (Fsp3) is 0.167. The van der Waals surface area contributed by atoms with Gasteiger partial charge in [0, 0.05) is 34.7 Å². The Morgan fingerprint density at radius 2 is 0.890 bits per heavy atom. The summed E-state index contributed by atoms with van der Waals surface area (Å²) < 4.78 is 24.8. The van der Waals surface area contributed by atoms with Crippen LogP contribution in [0.1, 0.15) is 57.7 Å². The van der Waals surface area contributed by atoms with Gasteiger partial charge in [0.15, 0.2) is 21.2 Å². The second-order valence-electron chi connectivity index (χ2n) is 18.1. The summed E-state index contributed by atoms with van der Waals surface area (Å²) in [4.78, 5) is 105. The molecule has 82 heavy (non-hydrogen) atoms. The molecular weight excluding hydrogens is 1120 g/mol. The molecule has 6 aromatic rings. The number of allylic oxidation sites excluding steroid dienone is 2. The number of nitrogens with zero attached hydrogens (tertiary/aromatic N) is 8. The first-order valence-electron chi connectivity index (χ1n) is 25.0. The molecule has 2 amide bonds. The van der Waals surface area contributed by atoms with Crippen LogP contribution in [-0.4, -0.2) is 68.7 Å². The number of hydrogen-bond acceptors (Lipinski definition) is 20. The monoisotopic (exact) mass is 1160 g/mol. The van der Waals surface area contributed by atoms with Crippen molar-refractivity contribution in [2.45, 2.75) is 51.1 Å². The molecule has 0 N–H and O–H groups in total. The minimum atomic E-state index is -2.88. The standard InChI is InChI=1S/C60H40N8O10S4/c1-3-67-51(69)49(81-53(67)39(27-61)28-62)65-43-26-42-45(60(43,57(73)77-33-37-21-13-7-14-22-37)58(74)78-34-38-23-15-8-16-24-38)46-48(79-42)47-41(25-44(80-47)66-50-52(70)68(4-2)54(82-50)40(29-63)30-64)59(46,55(71)75-31-35-17-9-5-10-18-35)56(72)76-32-36-19-11-6-12-20-36/h5-26H,3-4,31-34H2,1-2H3. The molecular formula is C60H40N8O10S4. The van der Waals surface area contributed by atoms with Crippen LogP contribution < -0.4 is 0 Å². The fourth-order valence-electron chi connectivity index (χ4n) is 9.60. The third kappa shape index (κ3) is 9.73. The highest BCUT2D eigenvalue weighted by atomic mass is 32.2. The van der Waals surface area contributed by atoms with Gasteiger partial charge in [0.05, 0.1) is 15.5 Å². The van der Waals surface area contributed by atoms with E-state index in [0.717, 1.165) is 39.3 Å². The Balaban J connectivity index is 1.26. The normalized spacial score (nSPS) is 16.0. The van der Waals surface area contributed by atoms with Gasteiger partial charge in [-0.15, -0.1) is 22.7 Å². The molecule has 2 saturated heterocycles. The van der Waals surface area contributed by atoms with Crippen molar-refractivity contribution in [2.75, 3.05) is 13.1 Å².